The summed E-state index contributed by atoms with van der Waals surface area (Å²) >= 11 is 0. The van der Waals surface area contributed by atoms with E-state index in [4.69, 9.17) is 9.47 Å². The molecule has 0 aliphatic heterocycles. The summed E-state index contributed by atoms with van der Waals surface area (Å²) in [5.74, 6) is -0.512. The van der Waals surface area contributed by atoms with Crippen molar-refractivity contribution in [1.29, 1.82) is 0 Å². The summed E-state index contributed by atoms with van der Waals surface area (Å²) in [6.07, 6.45) is 1.94. The van der Waals surface area contributed by atoms with E-state index in [0.29, 0.717) is 23.7 Å². The first kappa shape index (κ1) is 20.3. The van der Waals surface area contributed by atoms with Crippen LogP contribution in [0.2, 0.25) is 0 Å². The number of nitrogens with zero attached hydrogens (tertiary/aromatic N) is 2. The van der Waals surface area contributed by atoms with Crippen LogP contribution in [0.1, 0.15) is 11.7 Å². The average Bonchev–Trinajstić information content (AvgIpc) is 3.07. The molecule has 0 radical (unpaired) electrons. The van der Waals surface area contributed by atoms with Gasteiger partial charge in [0.25, 0.3) is 0 Å². The second-order valence-corrected chi connectivity index (χ2v) is 6.25. The van der Waals surface area contributed by atoms with Crippen molar-refractivity contribution < 1.29 is 19.1 Å². The van der Waals surface area contributed by atoms with E-state index in [9.17, 15) is 9.59 Å². The molecule has 2 rings (SSSR count). The number of hydrogen-bond donors (Lipinski definition) is 2. The summed E-state index contributed by atoms with van der Waals surface area (Å²) in [6, 6.07) is 8.82. The molecule has 0 aliphatic rings. The minimum atomic E-state index is -0.772. The predicted molar refractivity (Wildman–Crippen MR) is 103 cm³/mol. The van der Waals surface area contributed by atoms with Crippen LogP contribution in [0.4, 0.5) is 5.69 Å². The lowest BCUT2D eigenvalue weighted by Gasteiger charge is -2.25. The van der Waals surface area contributed by atoms with Gasteiger partial charge in [-0.3, -0.25) is 14.5 Å². The van der Waals surface area contributed by atoms with Crippen molar-refractivity contribution in [2.75, 3.05) is 40.2 Å². The molecule has 2 aromatic rings. The molecule has 0 fully saturated rings. The lowest BCUT2D eigenvalue weighted by molar-refractivity contribution is -0.136. The van der Waals surface area contributed by atoms with Gasteiger partial charge in [0.2, 0.25) is 0 Å². The molecule has 2 amide bonds. The second-order valence-electron chi connectivity index (χ2n) is 6.25. The molecule has 0 bridgehead atoms. The minimum absolute atomic E-state index is 0.0619. The van der Waals surface area contributed by atoms with Crippen LogP contribution >= 0.6 is 0 Å². The molecular formula is C19H26N4O4. The zero-order valence-corrected chi connectivity index (χ0v) is 16.3. The first-order chi connectivity index (χ1) is 12.9. The third kappa shape index (κ3) is 5.01. The molecule has 0 saturated carbocycles. The van der Waals surface area contributed by atoms with E-state index in [1.165, 1.54) is 14.2 Å². The van der Waals surface area contributed by atoms with Crippen LogP contribution in [0.25, 0.3) is 0 Å². The number of likely N-dealkylation sites (N-methyl/N-ethyl adjacent to an activating group) is 1. The number of methoxy groups -OCH3 is 2. The van der Waals surface area contributed by atoms with Crippen molar-refractivity contribution >= 4 is 17.5 Å². The molecule has 2 N–H and O–H groups in total. The first-order valence-corrected chi connectivity index (χ1v) is 8.46. The molecule has 27 heavy (non-hydrogen) atoms. The molecule has 0 aliphatic carbocycles. The summed E-state index contributed by atoms with van der Waals surface area (Å²) in [4.78, 5) is 26.5. The summed E-state index contributed by atoms with van der Waals surface area (Å²) < 4.78 is 12.3. The quantitative estimate of drug-likeness (QED) is 0.716. The maximum absolute atomic E-state index is 12.3. The van der Waals surface area contributed by atoms with Crippen LogP contribution in [0, 0.1) is 0 Å². The van der Waals surface area contributed by atoms with E-state index >= 15 is 0 Å². The molecule has 1 atom stereocenters. The number of aromatic nitrogens is 1. The van der Waals surface area contributed by atoms with Crippen molar-refractivity contribution in [3.05, 3.63) is 42.2 Å². The predicted octanol–water partition coefficient (Wildman–Crippen LogP) is 1.40. The highest BCUT2D eigenvalue weighted by atomic mass is 16.5. The van der Waals surface area contributed by atoms with E-state index in [1.54, 1.807) is 18.2 Å². The van der Waals surface area contributed by atoms with Gasteiger partial charge in [-0.1, -0.05) is 0 Å². The standard InChI is InChI=1S/C19H26N4O4/c1-22(2)16(15-7-6-10-23(15)3)12-20-18(24)19(25)21-14-11-13(26-4)8-9-17(14)27-5/h6-11,16H,12H2,1-5H3,(H,20,24)(H,21,25). The lowest BCUT2D eigenvalue weighted by atomic mass is 10.2. The average molecular weight is 374 g/mol. The third-order valence-electron chi connectivity index (χ3n) is 4.27. The molecule has 1 aromatic heterocycles. The van der Waals surface area contributed by atoms with Crippen molar-refractivity contribution in [3.63, 3.8) is 0 Å². The molecular weight excluding hydrogens is 348 g/mol. The van der Waals surface area contributed by atoms with Gasteiger partial charge in [0.15, 0.2) is 0 Å². The molecule has 8 nitrogen and oxygen atoms in total. The Labute approximate surface area is 159 Å². The number of rotatable bonds is 7. The molecule has 0 saturated heterocycles. The lowest BCUT2D eigenvalue weighted by Crippen LogP contribution is -2.40. The Morgan fingerprint density at radius 2 is 1.89 bits per heavy atom. The Morgan fingerprint density at radius 1 is 1.15 bits per heavy atom. The van der Waals surface area contributed by atoms with Gasteiger partial charge in [-0.25, -0.2) is 0 Å². The van der Waals surface area contributed by atoms with Gasteiger partial charge in [-0.2, -0.15) is 0 Å². The highest BCUT2D eigenvalue weighted by Gasteiger charge is 2.21. The molecule has 1 heterocycles. The Hall–Kier alpha value is -3.00. The van der Waals surface area contributed by atoms with E-state index < -0.39 is 11.8 Å². The second kappa shape index (κ2) is 9.09. The van der Waals surface area contributed by atoms with E-state index in [-0.39, 0.29) is 6.04 Å². The van der Waals surface area contributed by atoms with Crippen molar-refractivity contribution in [1.82, 2.24) is 14.8 Å². The maximum atomic E-state index is 12.3. The largest absolute Gasteiger partial charge is 0.497 e. The number of ether oxygens (including phenoxy) is 2. The normalized spacial score (nSPS) is 11.8. The molecule has 0 spiro atoms. The first-order valence-electron chi connectivity index (χ1n) is 8.46. The summed E-state index contributed by atoms with van der Waals surface area (Å²) in [6.45, 7) is 0.298. The summed E-state index contributed by atoms with van der Waals surface area (Å²) in [7, 11) is 8.79. The number of benzene rings is 1. The van der Waals surface area contributed by atoms with Gasteiger partial charge in [0, 0.05) is 31.5 Å². The maximum Gasteiger partial charge on any atom is 0.313 e. The Kier molecular flexibility index (Phi) is 6.84. The van der Waals surface area contributed by atoms with E-state index in [0.717, 1.165) is 5.69 Å². The Balaban J connectivity index is 2.03. The smallest absolute Gasteiger partial charge is 0.313 e. The van der Waals surface area contributed by atoms with Crippen molar-refractivity contribution in [2.45, 2.75) is 6.04 Å². The highest BCUT2D eigenvalue weighted by molar-refractivity contribution is 6.39. The van der Waals surface area contributed by atoms with Gasteiger partial charge in [-0.15, -0.1) is 0 Å². The Morgan fingerprint density at radius 3 is 2.44 bits per heavy atom. The third-order valence-corrected chi connectivity index (χ3v) is 4.27. The summed E-state index contributed by atoms with van der Waals surface area (Å²) in [5.41, 5.74) is 1.40. The number of carbonyl (C=O) groups excluding carboxylic acids is 2. The number of hydrogen-bond acceptors (Lipinski definition) is 5. The number of aryl methyl sites for hydroxylation is 1. The molecule has 1 aromatic carbocycles. The van der Waals surface area contributed by atoms with E-state index in [1.807, 2.05) is 48.9 Å². The van der Waals surface area contributed by atoms with Crippen LogP contribution in [-0.2, 0) is 16.6 Å². The topological polar surface area (TPSA) is 84.8 Å². The van der Waals surface area contributed by atoms with Crippen LogP contribution in [0.3, 0.4) is 0 Å². The summed E-state index contributed by atoms with van der Waals surface area (Å²) in [5, 5.41) is 5.25. The Bertz CT molecular complexity index is 801. The zero-order valence-electron chi connectivity index (χ0n) is 16.3. The fourth-order valence-electron chi connectivity index (χ4n) is 2.73. The van der Waals surface area contributed by atoms with Gasteiger partial charge in [-0.05, 0) is 38.4 Å². The number of nitrogens with one attached hydrogen (secondary N) is 2. The van der Waals surface area contributed by atoms with Gasteiger partial charge in [0.1, 0.15) is 11.5 Å². The number of anilines is 1. The van der Waals surface area contributed by atoms with Crippen molar-refractivity contribution in [3.8, 4) is 11.5 Å². The number of carbonyl (C=O) groups is 2. The van der Waals surface area contributed by atoms with Crippen molar-refractivity contribution in [2.24, 2.45) is 7.05 Å². The molecule has 8 heteroatoms. The zero-order chi connectivity index (χ0) is 20.0. The van der Waals surface area contributed by atoms with Gasteiger partial charge in [0.05, 0.1) is 25.9 Å². The van der Waals surface area contributed by atoms with Crippen LogP contribution in [0.5, 0.6) is 11.5 Å². The fourth-order valence-corrected chi connectivity index (χ4v) is 2.73. The van der Waals surface area contributed by atoms with Crippen LogP contribution in [0.15, 0.2) is 36.5 Å². The van der Waals surface area contributed by atoms with Gasteiger partial charge < -0.3 is 24.7 Å². The fraction of sp³-hybridized carbons (Fsp3) is 0.368. The molecule has 146 valence electrons. The van der Waals surface area contributed by atoms with Gasteiger partial charge >= 0.3 is 11.8 Å². The molecule has 1 unspecified atom stereocenters. The van der Waals surface area contributed by atoms with E-state index in [2.05, 4.69) is 10.6 Å². The highest BCUT2D eigenvalue weighted by Crippen LogP contribution is 2.28. The minimum Gasteiger partial charge on any atom is -0.497 e. The van der Waals surface area contributed by atoms with Crippen LogP contribution < -0.4 is 20.1 Å². The number of amides is 2. The monoisotopic (exact) mass is 374 g/mol. The SMILES string of the molecule is COc1ccc(OC)c(NC(=O)C(=O)NCC(c2cccn2C)N(C)C)c1. The van der Waals surface area contributed by atoms with Crippen LogP contribution in [-0.4, -0.2) is 56.1 Å².